The number of piperidine rings is 1. The number of likely N-dealkylation sites (tertiary alicyclic amines) is 1. The fourth-order valence-electron chi connectivity index (χ4n) is 4.06. The molecule has 0 aliphatic carbocycles. The first-order valence-corrected chi connectivity index (χ1v) is 10.5. The molecule has 1 atom stereocenters. The third-order valence-electron chi connectivity index (χ3n) is 5.88. The van der Waals surface area contributed by atoms with Crippen molar-refractivity contribution in [1.29, 1.82) is 0 Å². The van der Waals surface area contributed by atoms with Crippen LogP contribution < -0.4 is 0 Å². The molecule has 1 saturated heterocycles. The van der Waals surface area contributed by atoms with Crippen molar-refractivity contribution >= 4 is 17.6 Å². The molecule has 0 unspecified atom stereocenters. The van der Waals surface area contributed by atoms with Crippen molar-refractivity contribution < 1.29 is 9.53 Å². The Balaban J connectivity index is 1.62. The summed E-state index contributed by atoms with van der Waals surface area (Å²) in [6, 6.07) is 10.2. The van der Waals surface area contributed by atoms with Gasteiger partial charge in [-0.25, -0.2) is 0 Å². The van der Waals surface area contributed by atoms with E-state index in [9.17, 15) is 4.79 Å². The molecule has 5 nitrogen and oxygen atoms in total. The molecular formula is C22H30ClN3O2. The van der Waals surface area contributed by atoms with Crippen LogP contribution in [0.15, 0.2) is 42.7 Å². The van der Waals surface area contributed by atoms with Gasteiger partial charge in [-0.1, -0.05) is 23.7 Å². The van der Waals surface area contributed by atoms with E-state index in [-0.39, 0.29) is 5.97 Å². The van der Waals surface area contributed by atoms with Gasteiger partial charge in [0.15, 0.2) is 0 Å². The van der Waals surface area contributed by atoms with E-state index in [1.807, 2.05) is 54.3 Å². The second kappa shape index (κ2) is 9.57. The van der Waals surface area contributed by atoms with Gasteiger partial charge in [0.05, 0.1) is 12.0 Å². The van der Waals surface area contributed by atoms with E-state index in [1.165, 1.54) is 0 Å². The minimum Gasteiger partial charge on any atom is -0.466 e. The number of benzene rings is 1. The van der Waals surface area contributed by atoms with Crippen LogP contribution in [-0.2, 0) is 22.5 Å². The lowest BCUT2D eigenvalue weighted by atomic mass is 9.73. The van der Waals surface area contributed by atoms with Gasteiger partial charge in [-0.05, 0) is 76.4 Å². The molecule has 0 amide bonds. The first-order valence-electron chi connectivity index (χ1n) is 10.2. The van der Waals surface area contributed by atoms with Crippen LogP contribution in [0.5, 0.6) is 0 Å². The van der Waals surface area contributed by atoms with E-state index in [0.717, 1.165) is 49.5 Å². The number of rotatable bonds is 8. The molecule has 0 saturated carbocycles. The smallest absolute Gasteiger partial charge is 0.312 e. The summed E-state index contributed by atoms with van der Waals surface area (Å²) in [5, 5.41) is 5.00. The van der Waals surface area contributed by atoms with Crippen LogP contribution in [0.2, 0.25) is 5.02 Å². The van der Waals surface area contributed by atoms with Gasteiger partial charge in [-0.15, -0.1) is 0 Å². The van der Waals surface area contributed by atoms with E-state index in [0.29, 0.717) is 19.1 Å². The number of hydrogen-bond donors (Lipinski definition) is 0. The lowest BCUT2D eigenvalue weighted by Gasteiger charge is -2.42. The van der Waals surface area contributed by atoms with E-state index in [2.05, 4.69) is 16.9 Å². The van der Waals surface area contributed by atoms with Gasteiger partial charge in [0.25, 0.3) is 0 Å². The average Bonchev–Trinajstić information content (AvgIpc) is 3.22. The predicted octanol–water partition coefficient (Wildman–Crippen LogP) is 4.20. The Bertz CT molecular complexity index is 738. The number of carbonyl (C=O) groups is 1. The number of halogens is 1. The molecule has 1 aliphatic heterocycles. The standard InChI is InChI=1S/C22H30ClN3O2/c1-3-28-21(27)22(17-19-5-7-20(23)8-6-19)10-15-25(16-11-22)18(2)9-14-26-13-4-12-24-26/h4-8,12-13,18H,3,9-11,14-17H2,1-2H3/t18-/m0/s1. The third kappa shape index (κ3) is 5.15. The summed E-state index contributed by atoms with van der Waals surface area (Å²) in [5.74, 6) is -0.0613. The highest BCUT2D eigenvalue weighted by atomic mass is 35.5. The van der Waals surface area contributed by atoms with Gasteiger partial charge in [0.1, 0.15) is 0 Å². The summed E-state index contributed by atoms with van der Waals surface area (Å²) in [7, 11) is 0. The Morgan fingerprint density at radius 2 is 2.00 bits per heavy atom. The average molecular weight is 404 g/mol. The molecule has 0 bridgehead atoms. The van der Waals surface area contributed by atoms with Crippen LogP contribution >= 0.6 is 11.6 Å². The van der Waals surface area contributed by atoms with Gasteiger partial charge in [0, 0.05) is 30.0 Å². The first-order chi connectivity index (χ1) is 13.5. The van der Waals surface area contributed by atoms with E-state index < -0.39 is 5.41 Å². The van der Waals surface area contributed by atoms with E-state index in [4.69, 9.17) is 16.3 Å². The topological polar surface area (TPSA) is 47.4 Å². The summed E-state index contributed by atoms with van der Waals surface area (Å²) in [4.78, 5) is 15.4. The summed E-state index contributed by atoms with van der Waals surface area (Å²) in [6.07, 6.45) is 7.21. The maximum Gasteiger partial charge on any atom is 0.312 e. The van der Waals surface area contributed by atoms with Crippen molar-refractivity contribution in [2.45, 2.75) is 52.1 Å². The second-order valence-corrected chi connectivity index (χ2v) is 8.18. The summed E-state index contributed by atoms with van der Waals surface area (Å²) >= 11 is 6.02. The second-order valence-electron chi connectivity index (χ2n) is 7.75. The van der Waals surface area contributed by atoms with Gasteiger partial charge in [-0.3, -0.25) is 9.48 Å². The van der Waals surface area contributed by atoms with Crippen LogP contribution in [-0.4, -0.2) is 46.4 Å². The number of carbonyl (C=O) groups excluding carboxylic acids is 1. The number of nitrogens with zero attached hydrogens (tertiary/aromatic N) is 3. The van der Waals surface area contributed by atoms with E-state index >= 15 is 0 Å². The zero-order chi connectivity index (χ0) is 20.0. The molecule has 2 aromatic rings. The number of ether oxygens (including phenoxy) is 1. The Labute approximate surface area is 172 Å². The molecule has 1 fully saturated rings. The summed E-state index contributed by atoms with van der Waals surface area (Å²) in [6.45, 7) is 7.30. The van der Waals surface area contributed by atoms with Crippen molar-refractivity contribution in [3.63, 3.8) is 0 Å². The van der Waals surface area contributed by atoms with Crippen LogP contribution in [0.1, 0.15) is 38.7 Å². The molecule has 0 N–H and O–H groups in total. The summed E-state index contributed by atoms with van der Waals surface area (Å²) < 4.78 is 7.45. The summed E-state index contributed by atoms with van der Waals surface area (Å²) in [5.41, 5.74) is 0.694. The number of aromatic nitrogens is 2. The van der Waals surface area contributed by atoms with Crippen LogP contribution in [0.25, 0.3) is 0 Å². The Kier molecular flexibility index (Phi) is 7.13. The zero-order valence-corrected chi connectivity index (χ0v) is 17.6. The molecule has 3 rings (SSSR count). The highest BCUT2D eigenvalue weighted by Crippen LogP contribution is 2.37. The Morgan fingerprint density at radius 3 is 2.61 bits per heavy atom. The van der Waals surface area contributed by atoms with Gasteiger partial charge in [-0.2, -0.15) is 5.10 Å². The molecule has 152 valence electrons. The first kappa shape index (κ1) is 20.9. The Morgan fingerprint density at radius 1 is 1.29 bits per heavy atom. The fraction of sp³-hybridized carbons (Fsp3) is 0.545. The molecule has 1 aromatic heterocycles. The quantitative estimate of drug-likeness (QED) is 0.619. The van der Waals surface area contributed by atoms with E-state index in [1.54, 1.807) is 0 Å². The highest BCUT2D eigenvalue weighted by molar-refractivity contribution is 6.30. The number of aryl methyl sites for hydroxylation is 1. The lowest BCUT2D eigenvalue weighted by molar-refractivity contribution is -0.159. The molecular weight excluding hydrogens is 374 g/mol. The normalized spacial score (nSPS) is 18.0. The Hall–Kier alpha value is -1.85. The van der Waals surface area contributed by atoms with Crippen molar-refractivity contribution in [3.8, 4) is 0 Å². The van der Waals surface area contributed by atoms with Gasteiger partial charge >= 0.3 is 5.97 Å². The van der Waals surface area contributed by atoms with Gasteiger partial charge < -0.3 is 9.64 Å². The fourth-order valence-corrected chi connectivity index (χ4v) is 4.18. The molecule has 0 radical (unpaired) electrons. The molecule has 2 heterocycles. The zero-order valence-electron chi connectivity index (χ0n) is 16.8. The van der Waals surface area contributed by atoms with Crippen molar-refractivity contribution in [2.75, 3.05) is 19.7 Å². The van der Waals surface area contributed by atoms with Crippen molar-refractivity contribution in [1.82, 2.24) is 14.7 Å². The largest absolute Gasteiger partial charge is 0.466 e. The number of esters is 1. The van der Waals surface area contributed by atoms with Crippen LogP contribution in [0, 0.1) is 5.41 Å². The minimum atomic E-state index is -0.442. The monoisotopic (exact) mass is 403 g/mol. The molecule has 1 aromatic carbocycles. The molecule has 1 aliphatic rings. The van der Waals surface area contributed by atoms with Crippen molar-refractivity contribution in [2.24, 2.45) is 5.41 Å². The maximum atomic E-state index is 12.9. The molecule has 0 spiro atoms. The SMILES string of the molecule is CCOC(=O)C1(Cc2ccc(Cl)cc2)CCN([C@@H](C)CCn2cccn2)CC1. The number of hydrogen-bond acceptors (Lipinski definition) is 4. The van der Waals surface area contributed by atoms with Crippen molar-refractivity contribution in [3.05, 3.63) is 53.3 Å². The minimum absolute atomic E-state index is 0.0613. The van der Waals surface area contributed by atoms with Crippen LogP contribution in [0.3, 0.4) is 0 Å². The molecule has 6 heteroatoms. The lowest BCUT2D eigenvalue weighted by Crippen LogP contribution is -2.49. The third-order valence-corrected chi connectivity index (χ3v) is 6.13. The molecule has 28 heavy (non-hydrogen) atoms. The predicted molar refractivity (Wildman–Crippen MR) is 111 cm³/mol. The maximum absolute atomic E-state index is 12.9. The van der Waals surface area contributed by atoms with Gasteiger partial charge in [0.2, 0.25) is 0 Å². The van der Waals surface area contributed by atoms with Crippen LogP contribution in [0.4, 0.5) is 0 Å². The highest BCUT2D eigenvalue weighted by Gasteiger charge is 2.43.